The van der Waals surface area contributed by atoms with E-state index in [1.807, 2.05) is 26.0 Å². The standard InChI is InChI=1S/C22H32N4O4S/c1-15-18(16(2)30-24-15)14-25-7-6-8-26(10-9-25)22(31)23-13-17-11-19(27-3)21(29-5)20(12-17)28-4/h11-12H,6-10,13-14H2,1-5H3,(H,23,31). The second kappa shape index (κ2) is 10.7. The summed E-state index contributed by atoms with van der Waals surface area (Å²) in [6.07, 6.45) is 1.05. The molecule has 1 N–H and O–H groups in total. The van der Waals surface area contributed by atoms with Crippen molar-refractivity contribution in [3.8, 4) is 17.2 Å². The van der Waals surface area contributed by atoms with E-state index in [9.17, 15) is 0 Å². The van der Waals surface area contributed by atoms with Gasteiger partial charge in [-0.2, -0.15) is 0 Å². The highest BCUT2D eigenvalue weighted by Gasteiger charge is 2.20. The van der Waals surface area contributed by atoms with Crippen LogP contribution in [0.5, 0.6) is 17.2 Å². The zero-order valence-electron chi connectivity index (χ0n) is 19.0. The summed E-state index contributed by atoms with van der Waals surface area (Å²) < 4.78 is 21.6. The van der Waals surface area contributed by atoms with Crippen LogP contribution in [0.25, 0.3) is 0 Å². The Hall–Kier alpha value is -2.52. The van der Waals surface area contributed by atoms with Gasteiger partial charge in [0.15, 0.2) is 16.6 Å². The number of aryl methyl sites for hydroxylation is 2. The fraction of sp³-hybridized carbons (Fsp3) is 0.545. The van der Waals surface area contributed by atoms with E-state index in [0.717, 1.165) is 61.3 Å². The predicted molar refractivity (Wildman–Crippen MR) is 123 cm³/mol. The number of benzene rings is 1. The molecule has 1 aromatic carbocycles. The molecule has 0 atom stereocenters. The highest BCUT2D eigenvalue weighted by Crippen LogP contribution is 2.38. The molecule has 1 fully saturated rings. The molecule has 0 amide bonds. The number of hydrogen-bond donors (Lipinski definition) is 1. The Balaban J connectivity index is 1.56. The fourth-order valence-corrected chi connectivity index (χ4v) is 4.07. The number of ether oxygens (including phenoxy) is 3. The van der Waals surface area contributed by atoms with Gasteiger partial charge in [-0.3, -0.25) is 4.90 Å². The SMILES string of the molecule is COc1cc(CNC(=S)N2CCCN(Cc3c(C)noc3C)CC2)cc(OC)c1OC. The first-order chi connectivity index (χ1) is 15.0. The molecular weight excluding hydrogens is 416 g/mol. The minimum Gasteiger partial charge on any atom is -0.493 e. The Morgan fingerprint density at radius 3 is 2.35 bits per heavy atom. The van der Waals surface area contributed by atoms with Crippen LogP contribution in [0.1, 0.15) is 29.0 Å². The first-order valence-corrected chi connectivity index (χ1v) is 10.8. The van der Waals surface area contributed by atoms with Crippen LogP contribution in [-0.4, -0.2) is 67.6 Å². The predicted octanol–water partition coefficient (Wildman–Crippen LogP) is 2.90. The van der Waals surface area contributed by atoms with Gasteiger partial charge in [0.25, 0.3) is 0 Å². The van der Waals surface area contributed by atoms with E-state index < -0.39 is 0 Å². The van der Waals surface area contributed by atoms with Crippen molar-refractivity contribution in [2.45, 2.75) is 33.4 Å². The van der Waals surface area contributed by atoms with Gasteiger partial charge in [0, 0.05) is 44.8 Å². The molecule has 170 valence electrons. The highest BCUT2D eigenvalue weighted by molar-refractivity contribution is 7.80. The molecule has 0 bridgehead atoms. The van der Waals surface area contributed by atoms with Crippen LogP contribution in [0.3, 0.4) is 0 Å². The van der Waals surface area contributed by atoms with E-state index in [4.69, 9.17) is 31.0 Å². The van der Waals surface area contributed by atoms with E-state index in [1.165, 1.54) is 5.56 Å². The number of aromatic nitrogens is 1. The van der Waals surface area contributed by atoms with Gasteiger partial charge in [-0.1, -0.05) is 5.16 Å². The summed E-state index contributed by atoms with van der Waals surface area (Å²) in [4.78, 5) is 4.68. The van der Waals surface area contributed by atoms with Crippen LogP contribution < -0.4 is 19.5 Å². The zero-order chi connectivity index (χ0) is 22.4. The smallest absolute Gasteiger partial charge is 0.203 e. The minimum atomic E-state index is 0.578. The van der Waals surface area contributed by atoms with Crippen LogP contribution in [0, 0.1) is 13.8 Å². The number of rotatable bonds is 7. The second-order valence-corrected chi connectivity index (χ2v) is 8.00. The van der Waals surface area contributed by atoms with Gasteiger partial charge in [0.05, 0.1) is 27.0 Å². The van der Waals surface area contributed by atoms with Crippen molar-refractivity contribution in [1.29, 1.82) is 0 Å². The lowest BCUT2D eigenvalue weighted by Gasteiger charge is -2.25. The van der Waals surface area contributed by atoms with E-state index >= 15 is 0 Å². The van der Waals surface area contributed by atoms with Gasteiger partial charge < -0.3 is 29.0 Å². The van der Waals surface area contributed by atoms with Crippen molar-refractivity contribution >= 4 is 17.3 Å². The molecule has 1 aromatic heterocycles. The summed E-state index contributed by atoms with van der Waals surface area (Å²) in [5.41, 5.74) is 3.17. The lowest BCUT2D eigenvalue weighted by Crippen LogP contribution is -2.41. The summed E-state index contributed by atoms with van der Waals surface area (Å²) >= 11 is 5.68. The van der Waals surface area contributed by atoms with Gasteiger partial charge >= 0.3 is 0 Å². The first-order valence-electron chi connectivity index (χ1n) is 10.4. The maximum atomic E-state index is 5.68. The van der Waals surface area contributed by atoms with Crippen LogP contribution in [0.2, 0.25) is 0 Å². The maximum Gasteiger partial charge on any atom is 0.203 e. The van der Waals surface area contributed by atoms with Crippen LogP contribution in [0.15, 0.2) is 16.7 Å². The van der Waals surface area contributed by atoms with Crippen LogP contribution in [0.4, 0.5) is 0 Å². The lowest BCUT2D eigenvalue weighted by atomic mass is 10.2. The van der Waals surface area contributed by atoms with Crippen molar-refractivity contribution in [2.24, 2.45) is 0 Å². The normalized spacial score (nSPS) is 14.8. The molecule has 0 unspecified atom stereocenters. The lowest BCUT2D eigenvalue weighted by molar-refractivity contribution is 0.275. The quantitative estimate of drug-likeness (QED) is 0.644. The Kier molecular flexibility index (Phi) is 7.97. The van der Waals surface area contributed by atoms with E-state index in [2.05, 4.69) is 20.3 Å². The molecule has 9 heteroatoms. The van der Waals surface area contributed by atoms with Crippen molar-refractivity contribution < 1.29 is 18.7 Å². The zero-order valence-corrected chi connectivity index (χ0v) is 19.8. The summed E-state index contributed by atoms with van der Waals surface area (Å²) in [6.45, 7) is 9.19. The third kappa shape index (κ3) is 5.59. The summed E-state index contributed by atoms with van der Waals surface area (Å²) in [6, 6.07) is 3.87. The molecule has 31 heavy (non-hydrogen) atoms. The third-order valence-corrected chi connectivity index (χ3v) is 6.01. The van der Waals surface area contributed by atoms with E-state index in [1.54, 1.807) is 21.3 Å². The molecule has 0 radical (unpaired) electrons. The van der Waals surface area contributed by atoms with Crippen LogP contribution >= 0.6 is 12.2 Å². The number of nitrogens with one attached hydrogen (secondary N) is 1. The van der Waals surface area contributed by atoms with Crippen molar-refractivity contribution in [1.82, 2.24) is 20.3 Å². The highest BCUT2D eigenvalue weighted by atomic mass is 32.1. The molecule has 1 aliphatic rings. The molecular formula is C22H32N4O4S. The molecule has 3 rings (SSSR count). The van der Waals surface area contributed by atoms with E-state index in [0.29, 0.717) is 23.8 Å². The van der Waals surface area contributed by atoms with Gasteiger partial charge in [0.1, 0.15) is 5.76 Å². The fourth-order valence-electron chi connectivity index (χ4n) is 3.81. The molecule has 8 nitrogen and oxygen atoms in total. The molecule has 0 aliphatic carbocycles. The number of thiocarbonyl (C=S) groups is 1. The average molecular weight is 449 g/mol. The summed E-state index contributed by atoms with van der Waals surface area (Å²) in [5, 5.41) is 8.20. The molecule has 0 spiro atoms. The molecule has 2 aromatic rings. The topological polar surface area (TPSA) is 72.2 Å². The van der Waals surface area contributed by atoms with Crippen molar-refractivity contribution in [3.63, 3.8) is 0 Å². The third-order valence-electron chi connectivity index (χ3n) is 5.61. The molecule has 1 saturated heterocycles. The number of hydrogen-bond acceptors (Lipinski definition) is 7. The Morgan fingerprint density at radius 2 is 1.77 bits per heavy atom. The summed E-state index contributed by atoms with van der Waals surface area (Å²) in [5.74, 6) is 2.76. The Bertz CT molecular complexity index is 857. The van der Waals surface area contributed by atoms with Gasteiger partial charge in [-0.05, 0) is 50.2 Å². The van der Waals surface area contributed by atoms with Gasteiger partial charge in [0.2, 0.25) is 5.75 Å². The monoisotopic (exact) mass is 448 g/mol. The maximum absolute atomic E-state index is 5.68. The van der Waals surface area contributed by atoms with Crippen LogP contribution in [-0.2, 0) is 13.1 Å². The van der Waals surface area contributed by atoms with E-state index in [-0.39, 0.29) is 0 Å². The van der Waals surface area contributed by atoms with Crippen molar-refractivity contribution in [2.75, 3.05) is 47.5 Å². The van der Waals surface area contributed by atoms with Gasteiger partial charge in [-0.15, -0.1) is 0 Å². The average Bonchev–Trinajstić information content (AvgIpc) is 2.97. The number of nitrogens with zero attached hydrogens (tertiary/aromatic N) is 3. The largest absolute Gasteiger partial charge is 0.493 e. The molecule has 0 saturated carbocycles. The summed E-state index contributed by atoms with van der Waals surface area (Å²) in [7, 11) is 4.83. The number of methoxy groups -OCH3 is 3. The Morgan fingerprint density at radius 1 is 1.06 bits per heavy atom. The molecule has 2 heterocycles. The Labute approximate surface area is 189 Å². The minimum absolute atomic E-state index is 0.578. The van der Waals surface area contributed by atoms with Crippen molar-refractivity contribution in [3.05, 3.63) is 34.7 Å². The first kappa shape index (κ1) is 23.1. The second-order valence-electron chi connectivity index (χ2n) is 7.61. The van der Waals surface area contributed by atoms with Gasteiger partial charge in [-0.25, -0.2) is 0 Å². The molecule has 1 aliphatic heterocycles.